The number of anilines is 1. The summed E-state index contributed by atoms with van der Waals surface area (Å²) in [6, 6.07) is 5.53. The maximum atomic E-state index is 12.3. The fraction of sp³-hybridized carbons (Fsp3) is 0.429. The highest BCUT2D eigenvalue weighted by molar-refractivity contribution is 6.12. The molecule has 1 aromatic carbocycles. The first kappa shape index (κ1) is 11.3. The Labute approximate surface area is 106 Å². The third kappa shape index (κ3) is 1.52. The number of hydrogen-bond acceptors (Lipinski definition) is 2. The number of carbonyl (C=O) groups is 2. The van der Waals surface area contributed by atoms with Crippen molar-refractivity contribution in [3.63, 3.8) is 0 Å². The van der Waals surface area contributed by atoms with E-state index in [1.54, 1.807) is 6.07 Å². The van der Waals surface area contributed by atoms with E-state index in [4.69, 9.17) is 0 Å². The van der Waals surface area contributed by atoms with Crippen LogP contribution in [0, 0.1) is 6.92 Å². The molecule has 2 amide bonds. The van der Waals surface area contributed by atoms with Crippen LogP contribution in [-0.2, 0) is 4.79 Å². The van der Waals surface area contributed by atoms with Crippen molar-refractivity contribution in [2.75, 3.05) is 5.32 Å². The Kier molecular flexibility index (Phi) is 2.40. The minimum atomic E-state index is -0.692. The van der Waals surface area contributed by atoms with Crippen LogP contribution < -0.4 is 10.6 Å². The Morgan fingerprint density at radius 2 is 1.89 bits per heavy atom. The van der Waals surface area contributed by atoms with E-state index in [0.29, 0.717) is 11.3 Å². The third-order valence-corrected chi connectivity index (χ3v) is 3.99. The van der Waals surface area contributed by atoms with Crippen LogP contribution in [0.5, 0.6) is 0 Å². The van der Waals surface area contributed by atoms with Gasteiger partial charge >= 0.3 is 0 Å². The van der Waals surface area contributed by atoms with Crippen molar-refractivity contribution in [1.82, 2.24) is 5.32 Å². The number of carbonyl (C=O) groups excluding carboxylic acids is 2. The van der Waals surface area contributed by atoms with Crippen LogP contribution in [-0.4, -0.2) is 17.4 Å². The molecule has 2 aliphatic rings. The number of aryl methyl sites for hydroxylation is 1. The summed E-state index contributed by atoms with van der Waals surface area (Å²) in [5.74, 6) is -0.207. The Morgan fingerprint density at radius 3 is 2.61 bits per heavy atom. The largest absolute Gasteiger partial charge is 0.338 e. The van der Waals surface area contributed by atoms with Gasteiger partial charge < -0.3 is 10.6 Å². The number of benzene rings is 1. The highest BCUT2D eigenvalue weighted by Crippen LogP contribution is 2.34. The zero-order chi connectivity index (χ0) is 12.8. The highest BCUT2D eigenvalue weighted by atomic mass is 16.2. The summed E-state index contributed by atoms with van der Waals surface area (Å²) in [6.45, 7) is 1.89. The topological polar surface area (TPSA) is 58.2 Å². The summed E-state index contributed by atoms with van der Waals surface area (Å²) >= 11 is 0. The molecule has 0 unspecified atom stereocenters. The molecule has 4 nitrogen and oxygen atoms in total. The van der Waals surface area contributed by atoms with Crippen LogP contribution in [0.25, 0.3) is 0 Å². The predicted octanol–water partition coefficient (Wildman–Crippen LogP) is 1.99. The monoisotopic (exact) mass is 244 g/mol. The molecule has 2 N–H and O–H groups in total. The van der Waals surface area contributed by atoms with Gasteiger partial charge in [-0.2, -0.15) is 0 Å². The Bertz CT molecular complexity index is 531. The van der Waals surface area contributed by atoms with Crippen molar-refractivity contribution in [1.29, 1.82) is 0 Å². The van der Waals surface area contributed by atoms with E-state index < -0.39 is 5.54 Å². The van der Waals surface area contributed by atoms with Crippen molar-refractivity contribution in [2.24, 2.45) is 0 Å². The molecule has 0 atom stereocenters. The smallest absolute Gasteiger partial charge is 0.254 e. The fourth-order valence-corrected chi connectivity index (χ4v) is 2.98. The molecule has 0 radical (unpaired) electrons. The predicted molar refractivity (Wildman–Crippen MR) is 68.5 cm³/mol. The molecule has 94 valence electrons. The van der Waals surface area contributed by atoms with Crippen LogP contribution in [0.15, 0.2) is 18.2 Å². The van der Waals surface area contributed by atoms with Crippen LogP contribution in [0.1, 0.15) is 41.6 Å². The van der Waals surface area contributed by atoms with Crippen LogP contribution >= 0.6 is 0 Å². The lowest BCUT2D eigenvalue weighted by atomic mass is 9.96. The Morgan fingerprint density at radius 1 is 1.17 bits per heavy atom. The maximum Gasteiger partial charge on any atom is 0.254 e. The van der Waals surface area contributed by atoms with Crippen molar-refractivity contribution < 1.29 is 9.59 Å². The third-order valence-electron chi connectivity index (χ3n) is 3.99. The van der Waals surface area contributed by atoms with Gasteiger partial charge in [0.15, 0.2) is 0 Å². The average Bonchev–Trinajstić information content (AvgIpc) is 2.74. The molecule has 1 aromatic rings. The number of hydrogen-bond donors (Lipinski definition) is 2. The lowest BCUT2D eigenvalue weighted by Crippen LogP contribution is -2.53. The number of nitrogens with one attached hydrogen (secondary N) is 2. The second-order valence-corrected chi connectivity index (χ2v) is 5.19. The Hall–Kier alpha value is -1.84. The summed E-state index contributed by atoms with van der Waals surface area (Å²) in [7, 11) is 0. The Balaban J connectivity index is 2.09. The first-order valence-electron chi connectivity index (χ1n) is 6.36. The van der Waals surface area contributed by atoms with Gasteiger partial charge in [-0.05, 0) is 31.4 Å². The summed E-state index contributed by atoms with van der Waals surface area (Å²) in [4.78, 5) is 24.7. The molecule has 1 spiro atoms. The summed E-state index contributed by atoms with van der Waals surface area (Å²) in [6.07, 6.45) is 3.45. The molecule has 1 fully saturated rings. The molecule has 1 saturated carbocycles. The molecule has 0 bridgehead atoms. The fourth-order valence-electron chi connectivity index (χ4n) is 2.98. The van der Waals surface area contributed by atoms with Gasteiger partial charge in [-0.3, -0.25) is 9.59 Å². The van der Waals surface area contributed by atoms with E-state index >= 15 is 0 Å². The van der Waals surface area contributed by atoms with E-state index in [-0.39, 0.29) is 11.8 Å². The highest BCUT2D eigenvalue weighted by Gasteiger charge is 2.44. The normalized spacial score (nSPS) is 21.2. The van der Waals surface area contributed by atoms with Crippen molar-refractivity contribution >= 4 is 17.5 Å². The van der Waals surface area contributed by atoms with Gasteiger partial charge in [-0.15, -0.1) is 0 Å². The minimum absolute atomic E-state index is 0.0716. The zero-order valence-electron chi connectivity index (χ0n) is 10.4. The SMILES string of the molecule is Cc1cccc2c1C(=O)NC1(CCCC1)C(=O)N2. The van der Waals surface area contributed by atoms with Crippen molar-refractivity contribution in [3.8, 4) is 0 Å². The first-order chi connectivity index (χ1) is 8.62. The van der Waals surface area contributed by atoms with E-state index in [9.17, 15) is 9.59 Å². The molecular weight excluding hydrogens is 228 g/mol. The van der Waals surface area contributed by atoms with Gasteiger partial charge in [0.05, 0.1) is 11.3 Å². The van der Waals surface area contributed by atoms with Gasteiger partial charge in [-0.25, -0.2) is 0 Å². The van der Waals surface area contributed by atoms with E-state index in [1.165, 1.54) is 0 Å². The van der Waals surface area contributed by atoms with Crippen molar-refractivity contribution in [3.05, 3.63) is 29.3 Å². The van der Waals surface area contributed by atoms with Gasteiger partial charge in [0, 0.05) is 0 Å². The summed E-state index contributed by atoms with van der Waals surface area (Å²) in [5, 5.41) is 5.85. The molecule has 0 saturated heterocycles. The number of amides is 2. The van der Waals surface area contributed by atoms with Crippen molar-refractivity contribution in [2.45, 2.75) is 38.1 Å². The second-order valence-electron chi connectivity index (χ2n) is 5.19. The standard InChI is InChI=1S/C14H16N2O2/c1-9-5-4-6-10-11(9)12(17)16-14(13(18)15-10)7-2-3-8-14/h4-6H,2-3,7-8H2,1H3,(H,15,18)(H,16,17). The van der Waals surface area contributed by atoms with Gasteiger partial charge in [0.2, 0.25) is 5.91 Å². The van der Waals surface area contributed by atoms with Crippen LogP contribution in [0.4, 0.5) is 5.69 Å². The van der Waals surface area contributed by atoms with E-state index in [0.717, 1.165) is 31.2 Å². The molecule has 0 aromatic heterocycles. The summed E-state index contributed by atoms with van der Waals surface area (Å²) in [5.41, 5.74) is 1.42. The van der Waals surface area contributed by atoms with Gasteiger partial charge in [0.1, 0.15) is 5.54 Å². The molecule has 18 heavy (non-hydrogen) atoms. The van der Waals surface area contributed by atoms with E-state index in [1.807, 2.05) is 19.1 Å². The molecule has 4 heteroatoms. The molecule has 3 rings (SSSR count). The van der Waals surface area contributed by atoms with Crippen LogP contribution in [0.3, 0.4) is 0 Å². The maximum absolute atomic E-state index is 12.3. The molecule has 1 aliphatic heterocycles. The van der Waals surface area contributed by atoms with Gasteiger partial charge in [-0.1, -0.05) is 25.0 Å². The lowest BCUT2D eigenvalue weighted by molar-refractivity contribution is -0.121. The minimum Gasteiger partial charge on any atom is -0.338 e. The number of fused-ring (bicyclic) bond motifs is 1. The van der Waals surface area contributed by atoms with Crippen LogP contribution in [0.2, 0.25) is 0 Å². The average molecular weight is 244 g/mol. The van der Waals surface area contributed by atoms with E-state index in [2.05, 4.69) is 10.6 Å². The molecule has 1 aliphatic carbocycles. The summed E-state index contributed by atoms with van der Waals surface area (Å²) < 4.78 is 0. The first-order valence-corrected chi connectivity index (χ1v) is 6.36. The molecule has 1 heterocycles. The van der Waals surface area contributed by atoms with Gasteiger partial charge in [0.25, 0.3) is 5.91 Å². The number of rotatable bonds is 0. The molecular formula is C14H16N2O2. The zero-order valence-corrected chi connectivity index (χ0v) is 10.4. The quantitative estimate of drug-likeness (QED) is 0.733. The lowest BCUT2D eigenvalue weighted by Gasteiger charge is -2.26. The second kappa shape index (κ2) is 3.83.